The maximum absolute atomic E-state index is 11.3. The molecule has 0 spiro atoms. The smallest absolute Gasteiger partial charge is 0.308 e. The molecular weight excluding hydrogens is 342 g/mol. The van der Waals surface area contributed by atoms with Crippen molar-refractivity contribution in [3.05, 3.63) is 59.7 Å². The highest BCUT2D eigenvalue weighted by Crippen LogP contribution is 2.17. The van der Waals surface area contributed by atoms with Crippen LogP contribution in [0.15, 0.2) is 54.1 Å². The van der Waals surface area contributed by atoms with Gasteiger partial charge in [0.1, 0.15) is 0 Å². The van der Waals surface area contributed by atoms with E-state index in [1.54, 1.807) is 20.1 Å². The van der Waals surface area contributed by atoms with Gasteiger partial charge < -0.3 is 15.2 Å². The van der Waals surface area contributed by atoms with Crippen LogP contribution in [0.4, 0.5) is 0 Å². The van der Waals surface area contributed by atoms with Crippen molar-refractivity contribution in [2.24, 2.45) is 11.8 Å². The molecule has 1 aromatic carbocycles. The van der Waals surface area contributed by atoms with Gasteiger partial charge in [-0.1, -0.05) is 61.1 Å². The molecule has 27 heavy (non-hydrogen) atoms. The van der Waals surface area contributed by atoms with E-state index in [0.29, 0.717) is 0 Å². The van der Waals surface area contributed by atoms with Gasteiger partial charge in [-0.3, -0.25) is 9.59 Å². The number of hydrogen-bond donors (Lipinski definition) is 2. The SMILES string of the molecule is CO[C@@H](Cc1ccccc1)[C@@H](C)/C=C(C)/C=C/C(NC(C)=O)[C@H](C)C(=O)O. The molecule has 5 heteroatoms. The number of hydrogen-bond acceptors (Lipinski definition) is 3. The molecule has 0 saturated heterocycles. The first kappa shape index (κ1) is 22.6. The van der Waals surface area contributed by atoms with Gasteiger partial charge >= 0.3 is 5.97 Å². The monoisotopic (exact) mass is 373 g/mol. The Morgan fingerprint density at radius 3 is 2.33 bits per heavy atom. The fraction of sp³-hybridized carbons (Fsp3) is 0.455. The maximum atomic E-state index is 11.3. The lowest BCUT2D eigenvalue weighted by Gasteiger charge is -2.21. The highest BCUT2D eigenvalue weighted by Gasteiger charge is 2.22. The summed E-state index contributed by atoms with van der Waals surface area (Å²) >= 11 is 0. The summed E-state index contributed by atoms with van der Waals surface area (Å²) in [7, 11) is 1.71. The first-order valence-electron chi connectivity index (χ1n) is 9.17. The Bertz CT molecular complexity index is 666. The van der Waals surface area contributed by atoms with Crippen molar-refractivity contribution < 1.29 is 19.4 Å². The summed E-state index contributed by atoms with van der Waals surface area (Å²) in [5.74, 6) is -1.73. The Morgan fingerprint density at radius 2 is 1.81 bits per heavy atom. The van der Waals surface area contributed by atoms with Crippen molar-refractivity contribution in [3.63, 3.8) is 0 Å². The Labute approximate surface area is 162 Å². The summed E-state index contributed by atoms with van der Waals surface area (Å²) in [5, 5.41) is 11.9. The highest BCUT2D eigenvalue weighted by molar-refractivity contribution is 5.76. The summed E-state index contributed by atoms with van der Waals surface area (Å²) in [5.41, 5.74) is 2.21. The molecular formula is C22H31NO4. The second-order valence-electron chi connectivity index (χ2n) is 6.95. The van der Waals surface area contributed by atoms with Gasteiger partial charge in [-0.2, -0.15) is 0 Å². The number of amides is 1. The molecule has 0 aromatic heterocycles. The average molecular weight is 373 g/mol. The fourth-order valence-corrected chi connectivity index (χ4v) is 2.89. The molecule has 0 fully saturated rings. The molecule has 0 bridgehead atoms. The average Bonchev–Trinajstić information content (AvgIpc) is 2.62. The normalized spacial score (nSPS) is 16.6. The maximum Gasteiger partial charge on any atom is 0.308 e. The lowest BCUT2D eigenvalue weighted by molar-refractivity contribution is -0.141. The van der Waals surface area contributed by atoms with Crippen molar-refractivity contribution in [1.82, 2.24) is 5.32 Å². The second kappa shape index (κ2) is 11.3. The molecule has 148 valence electrons. The van der Waals surface area contributed by atoms with Crippen LogP contribution in [-0.4, -0.2) is 36.2 Å². The Balaban J connectivity index is 2.82. The molecule has 1 aromatic rings. The molecule has 2 N–H and O–H groups in total. The fourth-order valence-electron chi connectivity index (χ4n) is 2.89. The van der Waals surface area contributed by atoms with E-state index >= 15 is 0 Å². The lowest BCUT2D eigenvalue weighted by Crippen LogP contribution is -2.39. The van der Waals surface area contributed by atoms with Crippen LogP contribution < -0.4 is 5.32 Å². The predicted octanol–water partition coefficient (Wildman–Crippen LogP) is 3.61. The summed E-state index contributed by atoms with van der Waals surface area (Å²) in [4.78, 5) is 22.6. The van der Waals surface area contributed by atoms with Gasteiger partial charge in [0, 0.05) is 20.0 Å². The molecule has 4 atom stereocenters. The number of benzene rings is 1. The number of carbonyl (C=O) groups excluding carboxylic acids is 1. The van der Waals surface area contributed by atoms with Crippen LogP contribution in [0.1, 0.15) is 33.3 Å². The van der Waals surface area contributed by atoms with Crippen LogP contribution in [-0.2, 0) is 20.7 Å². The molecule has 0 aliphatic carbocycles. The standard InChI is InChI=1S/C22H31NO4/c1-15(11-12-20(23-18(4)24)17(3)22(25)26)13-16(2)21(27-5)14-19-9-7-6-8-10-19/h6-13,16-17,20-21H,14H2,1-5H3,(H,23,24)(H,25,26)/b12-11+,15-13+/t16-,17-,20?,21-/m0/s1. The first-order chi connectivity index (χ1) is 12.7. The van der Waals surface area contributed by atoms with Crippen LogP contribution in [0.2, 0.25) is 0 Å². The van der Waals surface area contributed by atoms with Crippen LogP contribution in [0.5, 0.6) is 0 Å². The third kappa shape index (κ3) is 8.22. The molecule has 0 radical (unpaired) electrons. The third-order valence-corrected chi connectivity index (χ3v) is 4.56. The number of allylic oxidation sites excluding steroid dienone is 2. The number of carboxylic acid groups (broad SMARTS) is 1. The van der Waals surface area contributed by atoms with Crippen molar-refractivity contribution >= 4 is 11.9 Å². The zero-order valence-corrected chi connectivity index (χ0v) is 16.8. The van der Waals surface area contributed by atoms with E-state index in [1.165, 1.54) is 12.5 Å². The van der Waals surface area contributed by atoms with Gasteiger partial charge in [-0.05, 0) is 25.8 Å². The highest BCUT2D eigenvalue weighted by atomic mass is 16.5. The topological polar surface area (TPSA) is 75.6 Å². The van der Waals surface area contributed by atoms with E-state index in [1.807, 2.05) is 31.2 Å². The third-order valence-electron chi connectivity index (χ3n) is 4.56. The number of ether oxygens (including phenoxy) is 1. The molecule has 0 heterocycles. The van der Waals surface area contributed by atoms with Crippen LogP contribution in [0, 0.1) is 11.8 Å². The molecule has 1 rings (SSSR count). The predicted molar refractivity (Wildman–Crippen MR) is 107 cm³/mol. The van der Waals surface area contributed by atoms with Crippen molar-refractivity contribution in [2.75, 3.05) is 7.11 Å². The van der Waals surface area contributed by atoms with E-state index in [9.17, 15) is 14.7 Å². The van der Waals surface area contributed by atoms with Gasteiger partial charge in [-0.15, -0.1) is 0 Å². The number of methoxy groups -OCH3 is 1. The zero-order valence-electron chi connectivity index (χ0n) is 16.8. The number of carboxylic acids is 1. The molecule has 0 aliphatic heterocycles. The van der Waals surface area contributed by atoms with Crippen molar-refractivity contribution in [3.8, 4) is 0 Å². The van der Waals surface area contributed by atoms with Crippen LogP contribution in [0.25, 0.3) is 0 Å². The first-order valence-corrected chi connectivity index (χ1v) is 9.17. The molecule has 5 nitrogen and oxygen atoms in total. The Morgan fingerprint density at radius 1 is 1.19 bits per heavy atom. The number of aliphatic carboxylic acids is 1. The van der Waals surface area contributed by atoms with Gasteiger partial charge in [0.2, 0.25) is 5.91 Å². The largest absolute Gasteiger partial charge is 0.481 e. The second-order valence-corrected chi connectivity index (χ2v) is 6.95. The summed E-state index contributed by atoms with van der Waals surface area (Å²) in [6.07, 6.45) is 6.55. The van der Waals surface area contributed by atoms with E-state index in [0.717, 1.165) is 12.0 Å². The summed E-state index contributed by atoms with van der Waals surface area (Å²) < 4.78 is 5.66. The van der Waals surface area contributed by atoms with E-state index in [4.69, 9.17) is 4.74 Å². The summed E-state index contributed by atoms with van der Waals surface area (Å²) in [6.45, 7) is 7.01. The quantitative estimate of drug-likeness (QED) is 0.614. The minimum atomic E-state index is -0.948. The van der Waals surface area contributed by atoms with Gasteiger partial charge in [0.05, 0.1) is 18.1 Å². The number of carbonyl (C=O) groups is 2. The molecule has 0 saturated carbocycles. The van der Waals surface area contributed by atoms with Gasteiger partial charge in [-0.25, -0.2) is 0 Å². The Kier molecular flexibility index (Phi) is 9.51. The van der Waals surface area contributed by atoms with Crippen molar-refractivity contribution in [1.29, 1.82) is 0 Å². The number of rotatable bonds is 10. The van der Waals surface area contributed by atoms with Gasteiger partial charge in [0.15, 0.2) is 0 Å². The van der Waals surface area contributed by atoms with Crippen LogP contribution >= 0.6 is 0 Å². The van der Waals surface area contributed by atoms with E-state index < -0.39 is 17.9 Å². The Hall–Kier alpha value is -2.40. The zero-order chi connectivity index (χ0) is 20.4. The minimum Gasteiger partial charge on any atom is -0.481 e. The van der Waals surface area contributed by atoms with Gasteiger partial charge in [0.25, 0.3) is 0 Å². The molecule has 0 aliphatic rings. The number of nitrogens with one attached hydrogen (secondary N) is 1. The lowest BCUT2D eigenvalue weighted by atomic mass is 9.95. The molecule has 1 unspecified atom stereocenters. The minimum absolute atomic E-state index is 0.0415. The van der Waals surface area contributed by atoms with Crippen molar-refractivity contribution in [2.45, 2.75) is 46.3 Å². The summed E-state index contributed by atoms with van der Waals surface area (Å²) in [6, 6.07) is 9.64. The van der Waals surface area contributed by atoms with E-state index in [2.05, 4.69) is 30.4 Å². The van der Waals surface area contributed by atoms with E-state index in [-0.39, 0.29) is 17.9 Å². The van der Waals surface area contributed by atoms with Crippen LogP contribution in [0.3, 0.4) is 0 Å². The molecule has 1 amide bonds.